The molecule has 78 valence electrons. The first-order valence-corrected chi connectivity index (χ1v) is 5.18. The van der Waals surface area contributed by atoms with Gasteiger partial charge in [-0.1, -0.05) is 24.8 Å². The molecule has 0 bridgehead atoms. The first kappa shape index (κ1) is 9.99. The van der Waals surface area contributed by atoms with Crippen LogP contribution in [0.15, 0.2) is 30.8 Å². The van der Waals surface area contributed by atoms with Gasteiger partial charge in [-0.2, -0.15) is 0 Å². The second-order valence-corrected chi connectivity index (χ2v) is 3.68. The van der Waals surface area contributed by atoms with Gasteiger partial charge in [0, 0.05) is 23.6 Å². The standard InChI is InChI=1S/C13H16N2/c1-3-12-11(8-9-14)10-6-4-5-7-13(10)15(12)2/h3-7H,1,8-9,14H2,2H3. The Kier molecular flexibility index (Phi) is 2.60. The Labute approximate surface area is 90.0 Å². The zero-order chi connectivity index (χ0) is 10.8. The van der Waals surface area contributed by atoms with Gasteiger partial charge in [-0.25, -0.2) is 0 Å². The van der Waals surface area contributed by atoms with Crippen LogP contribution in [-0.2, 0) is 13.5 Å². The number of rotatable bonds is 3. The number of fused-ring (bicyclic) bond motifs is 1. The van der Waals surface area contributed by atoms with E-state index in [-0.39, 0.29) is 0 Å². The van der Waals surface area contributed by atoms with Gasteiger partial charge in [-0.15, -0.1) is 0 Å². The fourth-order valence-corrected chi connectivity index (χ4v) is 2.16. The smallest absolute Gasteiger partial charge is 0.0485 e. The zero-order valence-corrected chi connectivity index (χ0v) is 9.03. The number of benzene rings is 1. The van der Waals surface area contributed by atoms with Crippen LogP contribution in [0.4, 0.5) is 0 Å². The van der Waals surface area contributed by atoms with E-state index in [0.717, 1.165) is 6.42 Å². The third-order valence-corrected chi connectivity index (χ3v) is 2.85. The number of para-hydroxylation sites is 1. The van der Waals surface area contributed by atoms with Crippen molar-refractivity contribution in [2.45, 2.75) is 6.42 Å². The van der Waals surface area contributed by atoms with Crippen LogP contribution in [0.25, 0.3) is 17.0 Å². The number of aromatic nitrogens is 1. The lowest BCUT2D eigenvalue weighted by molar-refractivity contribution is 0.916. The highest BCUT2D eigenvalue weighted by atomic mass is 14.9. The van der Waals surface area contributed by atoms with E-state index in [4.69, 9.17) is 5.73 Å². The molecule has 0 unspecified atom stereocenters. The lowest BCUT2D eigenvalue weighted by Gasteiger charge is -2.00. The van der Waals surface area contributed by atoms with E-state index in [1.165, 1.54) is 22.2 Å². The molecule has 1 aromatic carbocycles. The van der Waals surface area contributed by atoms with Gasteiger partial charge in [0.05, 0.1) is 0 Å². The maximum absolute atomic E-state index is 5.64. The SMILES string of the molecule is C=Cc1c(CCN)c2ccccc2n1C. The second kappa shape index (κ2) is 3.91. The molecule has 0 aliphatic carbocycles. The topological polar surface area (TPSA) is 30.9 Å². The number of hydrogen-bond acceptors (Lipinski definition) is 1. The Balaban J connectivity index is 2.78. The second-order valence-electron chi connectivity index (χ2n) is 3.68. The molecule has 0 atom stereocenters. The van der Waals surface area contributed by atoms with Crippen LogP contribution in [-0.4, -0.2) is 11.1 Å². The first-order valence-electron chi connectivity index (χ1n) is 5.18. The molecule has 2 N–H and O–H groups in total. The van der Waals surface area contributed by atoms with Crippen molar-refractivity contribution in [2.24, 2.45) is 12.8 Å². The molecule has 0 saturated carbocycles. The number of aryl methyl sites for hydroxylation is 1. The van der Waals surface area contributed by atoms with Gasteiger partial charge in [0.2, 0.25) is 0 Å². The molecule has 0 aliphatic heterocycles. The average Bonchev–Trinajstić information content (AvgIpc) is 2.54. The van der Waals surface area contributed by atoms with Crippen molar-refractivity contribution in [3.63, 3.8) is 0 Å². The molecule has 0 spiro atoms. The summed E-state index contributed by atoms with van der Waals surface area (Å²) in [6.07, 6.45) is 2.81. The van der Waals surface area contributed by atoms with E-state index in [2.05, 4.69) is 42.5 Å². The summed E-state index contributed by atoms with van der Waals surface area (Å²) in [5.41, 5.74) is 9.38. The molecule has 0 fully saturated rings. The Hall–Kier alpha value is -1.54. The van der Waals surface area contributed by atoms with Crippen molar-refractivity contribution in [3.05, 3.63) is 42.1 Å². The summed E-state index contributed by atoms with van der Waals surface area (Å²) in [4.78, 5) is 0. The molecule has 1 heterocycles. The largest absolute Gasteiger partial charge is 0.344 e. The number of nitrogens with zero attached hydrogens (tertiary/aromatic N) is 1. The zero-order valence-electron chi connectivity index (χ0n) is 9.03. The van der Waals surface area contributed by atoms with Crippen molar-refractivity contribution in [3.8, 4) is 0 Å². The van der Waals surface area contributed by atoms with Crippen LogP contribution in [0, 0.1) is 0 Å². The fourth-order valence-electron chi connectivity index (χ4n) is 2.16. The highest BCUT2D eigenvalue weighted by Crippen LogP contribution is 2.26. The molecule has 0 saturated heterocycles. The summed E-state index contributed by atoms with van der Waals surface area (Å²) in [7, 11) is 2.07. The Bertz CT molecular complexity index is 494. The summed E-state index contributed by atoms with van der Waals surface area (Å²) >= 11 is 0. The molecule has 0 aliphatic rings. The molecule has 2 nitrogen and oxygen atoms in total. The van der Waals surface area contributed by atoms with E-state index in [9.17, 15) is 0 Å². The van der Waals surface area contributed by atoms with E-state index < -0.39 is 0 Å². The number of hydrogen-bond donors (Lipinski definition) is 1. The minimum Gasteiger partial charge on any atom is -0.344 e. The lowest BCUT2D eigenvalue weighted by atomic mass is 10.1. The van der Waals surface area contributed by atoms with Crippen molar-refractivity contribution in [2.75, 3.05) is 6.54 Å². The van der Waals surface area contributed by atoms with Crippen LogP contribution >= 0.6 is 0 Å². The number of nitrogens with two attached hydrogens (primary N) is 1. The van der Waals surface area contributed by atoms with Crippen LogP contribution < -0.4 is 5.73 Å². The van der Waals surface area contributed by atoms with Crippen molar-refractivity contribution in [1.29, 1.82) is 0 Å². The van der Waals surface area contributed by atoms with Gasteiger partial charge in [0.25, 0.3) is 0 Å². The summed E-state index contributed by atoms with van der Waals surface area (Å²) < 4.78 is 2.17. The fraction of sp³-hybridized carbons (Fsp3) is 0.231. The molecule has 2 aromatic rings. The molecule has 0 amide bonds. The van der Waals surface area contributed by atoms with E-state index in [0.29, 0.717) is 6.54 Å². The van der Waals surface area contributed by atoms with Crippen LogP contribution in [0.3, 0.4) is 0 Å². The highest BCUT2D eigenvalue weighted by Gasteiger charge is 2.10. The quantitative estimate of drug-likeness (QED) is 0.810. The lowest BCUT2D eigenvalue weighted by Crippen LogP contribution is -2.04. The first-order chi connectivity index (χ1) is 7.29. The average molecular weight is 200 g/mol. The molecule has 2 rings (SSSR count). The van der Waals surface area contributed by atoms with E-state index in [1.54, 1.807) is 0 Å². The predicted octanol–water partition coefficient (Wildman–Crippen LogP) is 2.32. The predicted molar refractivity (Wildman–Crippen MR) is 65.8 cm³/mol. The van der Waals surface area contributed by atoms with Crippen molar-refractivity contribution < 1.29 is 0 Å². The van der Waals surface area contributed by atoms with Crippen LogP contribution in [0.1, 0.15) is 11.3 Å². The Morgan fingerprint density at radius 2 is 2.13 bits per heavy atom. The van der Waals surface area contributed by atoms with Gasteiger partial charge >= 0.3 is 0 Å². The van der Waals surface area contributed by atoms with Gasteiger partial charge in [0.1, 0.15) is 0 Å². The van der Waals surface area contributed by atoms with Gasteiger partial charge < -0.3 is 10.3 Å². The van der Waals surface area contributed by atoms with Gasteiger partial charge in [-0.3, -0.25) is 0 Å². The maximum atomic E-state index is 5.64. The summed E-state index contributed by atoms with van der Waals surface area (Å²) in [5.74, 6) is 0. The third kappa shape index (κ3) is 1.47. The molecule has 1 aromatic heterocycles. The maximum Gasteiger partial charge on any atom is 0.0485 e. The Morgan fingerprint density at radius 1 is 1.40 bits per heavy atom. The molecular formula is C13H16N2. The van der Waals surface area contributed by atoms with Gasteiger partial charge in [0.15, 0.2) is 0 Å². The van der Waals surface area contributed by atoms with Gasteiger partial charge in [-0.05, 0) is 30.7 Å². The molecule has 0 radical (unpaired) electrons. The minimum absolute atomic E-state index is 0.675. The Morgan fingerprint density at radius 3 is 2.80 bits per heavy atom. The monoisotopic (exact) mass is 200 g/mol. The van der Waals surface area contributed by atoms with Crippen molar-refractivity contribution in [1.82, 2.24) is 4.57 Å². The highest BCUT2D eigenvalue weighted by molar-refractivity contribution is 5.88. The molecule has 2 heteroatoms. The van der Waals surface area contributed by atoms with Crippen LogP contribution in [0.2, 0.25) is 0 Å². The minimum atomic E-state index is 0.675. The summed E-state index contributed by atoms with van der Waals surface area (Å²) in [5, 5.41) is 1.29. The molecular weight excluding hydrogens is 184 g/mol. The van der Waals surface area contributed by atoms with E-state index in [1.807, 2.05) is 6.08 Å². The normalized spacial score (nSPS) is 10.8. The van der Waals surface area contributed by atoms with E-state index >= 15 is 0 Å². The third-order valence-electron chi connectivity index (χ3n) is 2.85. The van der Waals surface area contributed by atoms with Crippen molar-refractivity contribution >= 4 is 17.0 Å². The summed E-state index contributed by atoms with van der Waals surface area (Å²) in [6.45, 7) is 4.54. The summed E-state index contributed by atoms with van der Waals surface area (Å²) in [6, 6.07) is 8.40. The molecule has 15 heavy (non-hydrogen) atoms. The van der Waals surface area contributed by atoms with Crippen LogP contribution in [0.5, 0.6) is 0 Å².